The molecule has 0 spiro atoms. The Labute approximate surface area is 169 Å². The predicted octanol–water partition coefficient (Wildman–Crippen LogP) is 1.23. The minimum Gasteiger partial charge on any atom is -0.383 e. The summed E-state index contributed by atoms with van der Waals surface area (Å²) in [5, 5.41) is 6.74. The van der Waals surface area contributed by atoms with Crippen molar-refractivity contribution in [2.24, 2.45) is 4.99 Å². The Morgan fingerprint density at radius 3 is 2.64 bits per heavy atom. The van der Waals surface area contributed by atoms with Crippen molar-refractivity contribution in [2.75, 3.05) is 54.0 Å². The second-order valence-electron chi connectivity index (χ2n) is 7.49. The molecule has 1 heterocycles. The van der Waals surface area contributed by atoms with Gasteiger partial charge in [-0.3, -0.25) is 9.69 Å². The lowest BCUT2D eigenvalue weighted by atomic mass is 10.0. The van der Waals surface area contributed by atoms with Crippen molar-refractivity contribution in [3.8, 4) is 0 Å². The van der Waals surface area contributed by atoms with Gasteiger partial charge in [0.25, 0.3) is 0 Å². The predicted molar refractivity (Wildman–Crippen MR) is 113 cm³/mol. The maximum Gasteiger partial charge on any atom is 0.243 e. The van der Waals surface area contributed by atoms with Gasteiger partial charge in [0.2, 0.25) is 5.91 Å². The van der Waals surface area contributed by atoms with E-state index in [4.69, 9.17) is 4.74 Å². The number of aryl methyl sites for hydroxylation is 1. The van der Waals surface area contributed by atoms with Gasteiger partial charge in [-0.05, 0) is 30.9 Å². The summed E-state index contributed by atoms with van der Waals surface area (Å²) in [4.78, 5) is 20.3. The number of nitrogens with zero attached hydrogens (tertiary/aromatic N) is 3. The van der Waals surface area contributed by atoms with E-state index in [1.54, 1.807) is 26.1 Å². The largest absolute Gasteiger partial charge is 0.383 e. The Balaban J connectivity index is 1.84. The molecule has 7 heteroatoms. The highest BCUT2D eigenvalue weighted by molar-refractivity contribution is 5.84. The van der Waals surface area contributed by atoms with Crippen LogP contribution in [0.5, 0.6) is 0 Å². The number of hydrogen-bond acceptors (Lipinski definition) is 4. The van der Waals surface area contributed by atoms with Crippen LogP contribution in [0.4, 0.5) is 0 Å². The number of nitrogens with one attached hydrogen (secondary N) is 2. The number of ether oxygens (including phenoxy) is 1. The van der Waals surface area contributed by atoms with Gasteiger partial charge < -0.3 is 20.3 Å². The van der Waals surface area contributed by atoms with Crippen LogP contribution in [-0.4, -0.2) is 81.7 Å². The van der Waals surface area contributed by atoms with Crippen LogP contribution in [0.1, 0.15) is 24.0 Å². The fraction of sp³-hybridized carbons (Fsp3) is 0.619. The first kappa shape index (κ1) is 22.2. The molecule has 28 heavy (non-hydrogen) atoms. The Morgan fingerprint density at radius 1 is 1.29 bits per heavy atom. The molecule has 1 amide bonds. The van der Waals surface area contributed by atoms with Crippen molar-refractivity contribution in [2.45, 2.75) is 32.4 Å². The lowest BCUT2D eigenvalue weighted by Gasteiger charge is -2.33. The Bertz CT molecular complexity index is 639. The summed E-state index contributed by atoms with van der Waals surface area (Å²) < 4.78 is 5.10. The number of likely N-dealkylation sites (tertiary alicyclic amines) is 1. The molecule has 0 saturated carbocycles. The summed E-state index contributed by atoms with van der Waals surface area (Å²) in [6.07, 6.45) is 2.11. The van der Waals surface area contributed by atoms with E-state index in [9.17, 15) is 4.79 Å². The van der Waals surface area contributed by atoms with E-state index in [-0.39, 0.29) is 12.5 Å². The molecule has 0 aromatic heterocycles. The smallest absolute Gasteiger partial charge is 0.243 e. The highest BCUT2D eigenvalue weighted by Gasteiger charge is 2.20. The number of amides is 1. The average Bonchev–Trinajstić information content (AvgIpc) is 2.69. The zero-order valence-electron chi connectivity index (χ0n) is 17.7. The van der Waals surface area contributed by atoms with Gasteiger partial charge in [0, 0.05) is 53.4 Å². The number of methoxy groups -OCH3 is 1. The van der Waals surface area contributed by atoms with Crippen LogP contribution in [0, 0.1) is 6.92 Å². The SMILES string of the molecule is COCCNC(=NCC(=O)N(C)C)NC1CCN(Cc2ccccc2C)CC1. The summed E-state index contributed by atoms with van der Waals surface area (Å²) in [6, 6.07) is 8.95. The minimum atomic E-state index is -0.0131. The molecule has 1 saturated heterocycles. The van der Waals surface area contributed by atoms with Gasteiger partial charge >= 0.3 is 0 Å². The fourth-order valence-corrected chi connectivity index (χ4v) is 3.17. The van der Waals surface area contributed by atoms with E-state index >= 15 is 0 Å². The van der Waals surface area contributed by atoms with Gasteiger partial charge in [0.15, 0.2) is 5.96 Å². The molecule has 2 N–H and O–H groups in total. The molecular formula is C21H35N5O2. The van der Waals surface area contributed by atoms with Crippen molar-refractivity contribution in [1.82, 2.24) is 20.4 Å². The third-order valence-corrected chi connectivity index (χ3v) is 5.05. The van der Waals surface area contributed by atoms with E-state index < -0.39 is 0 Å². The fourth-order valence-electron chi connectivity index (χ4n) is 3.17. The first-order valence-electron chi connectivity index (χ1n) is 10.0. The molecular weight excluding hydrogens is 354 g/mol. The topological polar surface area (TPSA) is 69.2 Å². The van der Waals surface area contributed by atoms with Gasteiger partial charge in [0.05, 0.1) is 6.61 Å². The van der Waals surface area contributed by atoms with E-state index in [0.717, 1.165) is 32.5 Å². The number of carbonyl (C=O) groups is 1. The molecule has 0 unspecified atom stereocenters. The summed E-state index contributed by atoms with van der Waals surface area (Å²) in [5.41, 5.74) is 2.75. The van der Waals surface area contributed by atoms with Crippen molar-refractivity contribution in [1.29, 1.82) is 0 Å². The van der Waals surface area contributed by atoms with Gasteiger partial charge in [-0.1, -0.05) is 24.3 Å². The van der Waals surface area contributed by atoms with Crippen LogP contribution >= 0.6 is 0 Å². The number of benzene rings is 1. The van der Waals surface area contributed by atoms with E-state index in [0.29, 0.717) is 25.2 Å². The van der Waals surface area contributed by atoms with Crippen LogP contribution in [0.2, 0.25) is 0 Å². The van der Waals surface area contributed by atoms with Crippen molar-refractivity contribution < 1.29 is 9.53 Å². The van der Waals surface area contributed by atoms with Gasteiger partial charge in [0.1, 0.15) is 6.54 Å². The number of guanidine groups is 1. The average molecular weight is 390 g/mol. The molecule has 0 radical (unpaired) electrons. The number of hydrogen-bond donors (Lipinski definition) is 2. The molecule has 7 nitrogen and oxygen atoms in total. The summed E-state index contributed by atoms with van der Waals surface area (Å²) in [7, 11) is 5.16. The normalized spacial score (nSPS) is 16.1. The zero-order valence-corrected chi connectivity index (χ0v) is 17.7. The second-order valence-corrected chi connectivity index (χ2v) is 7.49. The van der Waals surface area contributed by atoms with Crippen molar-refractivity contribution in [3.63, 3.8) is 0 Å². The van der Waals surface area contributed by atoms with E-state index in [2.05, 4.69) is 51.7 Å². The third kappa shape index (κ3) is 7.48. The van der Waals surface area contributed by atoms with Crippen LogP contribution in [0.25, 0.3) is 0 Å². The number of likely N-dealkylation sites (N-methyl/N-ethyl adjacent to an activating group) is 1. The van der Waals surface area contributed by atoms with Gasteiger partial charge in [-0.15, -0.1) is 0 Å². The molecule has 0 bridgehead atoms. The lowest BCUT2D eigenvalue weighted by molar-refractivity contribution is -0.127. The molecule has 1 fully saturated rings. The highest BCUT2D eigenvalue weighted by atomic mass is 16.5. The Hall–Kier alpha value is -2.12. The quantitative estimate of drug-likeness (QED) is 0.398. The zero-order chi connectivity index (χ0) is 20.4. The Kier molecular flexibility index (Phi) is 9.23. The summed E-state index contributed by atoms with van der Waals surface area (Å²) in [6.45, 7) is 6.67. The first-order valence-corrected chi connectivity index (χ1v) is 10.0. The maximum atomic E-state index is 11.8. The second kappa shape index (κ2) is 11.7. The molecule has 156 valence electrons. The summed E-state index contributed by atoms with van der Waals surface area (Å²) in [5.74, 6) is 0.672. The molecule has 0 atom stereocenters. The standard InChI is InChI=1S/C21H35N5O2/c1-17-7-5-6-8-18(17)16-26-12-9-19(10-13-26)24-21(22-11-14-28-4)23-15-20(27)25(2)3/h5-8,19H,9-16H2,1-4H3,(H2,22,23,24). The van der Waals surface area contributed by atoms with Crippen LogP contribution in [-0.2, 0) is 16.1 Å². The van der Waals surface area contributed by atoms with Gasteiger partial charge in [-0.2, -0.15) is 0 Å². The first-order chi connectivity index (χ1) is 13.5. The maximum absolute atomic E-state index is 11.8. The van der Waals surface area contributed by atoms with E-state index in [1.165, 1.54) is 11.1 Å². The number of piperidine rings is 1. The summed E-state index contributed by atoms with van der Waals surface area (Å²) >= 11 is 0. The third-order valence-electron chi connectivity index (χ3n) is 5.05. The van der Waals surface area contributed by atoms with Crippen LogP contribution in [0.15, 0.2) is 29.3 Å². The molecule has 1 aromatic rings. The Morgan fingerprint density at radius 2 is 2.00 bits per heavy atom. The van der Waals surface area contributed by atoms with Crippen molar-refractivity contribution in [3.05, 3.63) is 35.4 Å². The van der Waals surface area contributed by atoms with Crippen LogP contribution in [0.3, 0.4) is 0 Å². The van der Waals surface area contributed by atoms with Gasteiger partial charge in [-0.25, -0.2) is 4.99 Å². The van der Waals surface area contributed by atoms with E-state index in [1.807, 2.05) is 0 Å². The molecule has 0 aliphatic carbocycles. The monoisotopic (exact) mass is 389 g/mol. The lowest BCUT2D eigenvalue weighted by Crippen LogP contribution is -2.49. The molecule has 1 aliphatic rings. The van der Waals surface area contributed by atoms with Crippen molar-refractivity contribution >= 4 is 11.9 Å². The number of rotatable bonds is 8. The minimum absolute atomic E-state index is 0.0131. The number of aliphatic imine (C=N–C) groups is 1. The van der Waals surface area contributed by atoms with Crippen LogP contribution < -0.4 is 10.6 Å². The molecule has 1 aromatic carbocycles. The molecule has 2 rings (SSSR count). The molecule has 1 aliphatic heterocycles. The number of carbonyl (C=O) groups excluding carboxylic acids is 1. The highest BCUT2D eigenvalue weighted by Crippen LogP contribution is 2.16.